The lowest BCUT2D eigenvalue weighted by molar-refractivity contribution is -0.129. The molecule has 4 rings (SSSR count). The molecule has 166 valence electrons. The van der Waals surface area contributed by atoms with Gasteiger partial charge >= 0.3 is 0 Å². The monoisotopic (exact) mass is 444 g/mol. The Hall–Kier alpha value is -2.81. The molecule has 0 bridgehead atoms. The molecule has 1 fully saturated rings. The number of carbonyl (C=O) groups is 2. The van der Waals surface area contributed by atoms with Crippen LogP contribution in [0.5, 0.6) is 11.5 Å². The van der Waals surface area contributed by atoms with Crippen molar-refractivity contribution in [2.24, 2.45) is 5.92 Å². The van der Waals surface area contributed by atoms with Crippen LogP contribution in [0.3, 0.4) is 0 Å². The molecule has 0 spiro atoms. The zero-order valence-electron chi connectivity index (χ0n) is 18.1. The van der Waals surface area contributed by atoms with E-state index in [1.807, 2.05) is 11.0 Å². The Bertz CT molecular complexity index is 968. The number of methoxy groups -OCH3 is 2. The summed E-state index contributed by atoms with van der Waals surface area (Å²) in [6.45, 7) is 4.68. The van der Waals surface area contributed by atoms with Crippen LogP contribution in [0.4, 0.5) is 10.8 Å². The van der Waals surface area contributed by atoms with Crippen LogP contribution >= 0.6 is 11.3 Å². The SMILES string of the molecule is COc1ccc(NC(=O)C2CCc3nc(N4CCN(C(C)=O)CC4)sc3C2)cc1OC. The second-order valence-electron chi connectivity index (χ2n) is 7.86. The molecule has 1 unspecified atom stereocenters. The molecule has 1 N–H and O–H groups in total. The predicted octanol–water partition coefficient (Wildman–Crippen LogP) is 2.57. The average Bonchev–Trinajstić information content (AvgIpc) is 3.22. The summed E-state index contributed by atoms with van der Waals surface area (Å²) in [4.78, 5) is 34.6. The number of aryl methyl sites for hydroxylation is 1. The lowest BCUT2D eigenvalue weighted by atomic mass is 9.90. The first kappa shape index (κ1) is 21.4. The Balaban J connectivity index is 1.39. The zero-order chi connectivity index (χ0) is 22.0. The zero-order valence-corrected chi connectivity index (χ0v) is 19.0. The first-order valence-electron chi connectivity index (χ1n) is 10.5. The summed E-state index contributed by atoms with van der Waals surface area (Å²) >= 11 is 1.68. The molecule has 0 radical (unpaired) electrons. The minimum absolute atomic E-state index is 0.0166. The van der Waals surface area contributed by atoms with Crippen LogP contribution in [-0.4, -0.2) is 62.1 Å². The van der Waals surface area contributed by atoms with Crippen molar-refractivity contribution in [1.82, 2.24) is 9.88 Å². The molecule has 31 heavy (non-hydrogen) atoms. The molecule has 0 saturated carbocycles. The number of piperazine rings is 1. The van der Waals surface area contributed by atoms with E-state index in [0.717, 1.165) is 49.8 Å². The number of benzene rings is 1. The highest BCUT2D eigenvalue weighted by Gasteiger charge is 2.29. The number of fused-ring (bicyclic) bond motifs is 1. The molecule has 1 atom stereocenters. The number of aromatic nitrogens is 1. The van der Waals surface area contributed by atoms with E-state index in [-0.39, 0.29) is 17.7 Å². The third kappa shape index (κ3) is 4.61. The Kier molecular flexibility index (Phi) is 6.31. The Labute approximate surface area is 186 Å². The normalized spacial score (nSPS) is 18.4. The molecule has 1 saturated heterocycles. The van der Waals surface area contributed by atoms with Crippen LogP contribution in [0.25, 0.3) is 0 Å². The van der Waals surface area contributed by atoms with Crippen LogP contribution in [0.15, 0.2) is 18.2 Å². The van der Waals surface area contributed by atoms with Crippen molar-refractivity contribution in [3.63, 3.8) is 0 Å². The second-order valence-corrected chi connectivity index (χ2v) is 8.92. The molecule has 1 aliphatic carbocycles. The quantitative estimate of drug-likeness (QED) is 0.763. The molecule has 1 aromatic carbocycles. The van der Waals surface area contributed by atoms with Crippen molar-refractivity contribution in [3.05, 3.63) is 28.8 Å². The molecule has 2 heterocycles. The Morgan fingerprint density at radius 1 is 1.13 bits per heavy atom. The largest absolute Gasteiger partial charge is 0.493 e. The van der Waals surface area contributed by atoms with Crippen LogP contribution < -0.4 is 19.7 Å². The minimum atomic E-state index is -0.0801. The van der Waals surface area contributed by atoms with E-state index >= 15 is 0 Å². The Morgan fingerprint density at radius 2 is 1.87 bits per heavy atom. The number of thiazole rings is 1. The van der Waals surface area contributed by atoms with Gasteiger partial charge in [-0.2, -0.15) is 0 Å². The van der Waals surface area contributed by atoms with Gasteiger partial charge in [-0.1, -0.05) is 0 Å². The fourth-order valence-corrected chi connectivity index (χ4v) is 5.33. The van der Waals surface area contributed by atoms with Gasteiger partial charge in [0.25, 0.3) is 0 Å². The summed E-state index contributed by atoms with van der Waals surface area (Å²) in [5.41, 5.74) is 1.81. The van der Waals surface area contributed by atoms with Gasteiger partial charge in [0, 0.05) is 55.7 Å². The maximum atomic E-state index is 12.9. The number of rotatable bonds is 5. The number of hydrogen-bond acceptors (Lipinski definition) is 7. The molecule has 9 heteroatoms. The first-order chi connectivity index (χ1) is 15.0. The van der Waals surface area contributed by atoms with Gasteiger partial charge in [0.2, 0.25) is 11.8 Å². The van der Waals surface area contributed by atoms with E-state index in [2.05, 4.69) is 10.2 Å². The molecule has 2 amide bonds. The second kappa shape index (κ2) is 9.13. The van der Waals surface area contributed by atoms with Crippen molar-refractivity contribution in [2.75, 3.05) is 50.6 Å². The fraction of sp³-hybridized carbons (Fsp3) is 0.500. The average molecular weight is 445 g/mol. The number of hydrogen-bond donors (Lipinski definition) is 1. The van der Waals surface area contributed by atoms with Crippen molar-refractivity contribution in [2.45, 2.75) is 26.2 Å². The molecule has 8 nitrogen and oxygen atoms in total. The van der Waals surface area contributed by atoms with E-state index in [4.69, 9.17) is 14.5 Å². The summed E-state index contributed by atoms with van der Waals surface area (Å²) in [5.74, 6) is 1.28. The third-order valence-electron chi connectivity index (χ3n) is 5.95. The topological polar surface area (TPSA) is 84.0 Å². The standard InChI is InChI=1S/C22H28N4O4S/c1-14(27)25-8-10-26(11-9-25)22-24-17-6-4-15(12-20(17)31-22)21(28)23-16-5-7-18(29-2)19(13-16)30-3/h5,7,13,15H,4,6,8-12H2,1-3H3,(H,23,28). The van der Waals surface area contributed by atoms with Gasteiger partial charge in [0.15, 0.2) is 16.6 Å². The van der Waals surface area contributed by atoms with Gasteiger partial charge in [-0.3, -0.25) is 9.59 Å². The van der Waals surface area contributed by atoms with Gasteiger partial charge in [-0.05, 0) is 31.4 Å². The summed E-state index contributed by atoms with van der Waals surface area (Å²) in [7, 11) is 3.16. The van der Waals surface area contributed by atoms with Crippen molar-refractivity contribution >= 4 is 34.0 Å². The van der Waals surface area contributed by atoms with E-state index in [1.165, 1.54) is 4.88 Å². The van der Waals surface area contributed by atoms with Crippen molar-refractivity contribution < 1.29 is 19.1 Å². The number of ether oxygens (including phenoxy) is 2. The highest BCUT2D eigenvalue weighted by Crippen LogP contribution is 2.35. The number of anilines is 2. The highest BCUT2D eigenvalue weighted by atomic mass is 32.1. The van der Waals surface area contributed by atoms with Gasteiger partial charge in [-0.25, -0.2) is 4.98 Å². The number of amides is 2. The van der Waals surface area contributed by atoms with Crippen LogP contribution in [0, 0.1) is 5.92 Å². The van der Waals surface area contributed by atoms with Gasteiger partial charge < -0.3 is 24.6 Å². The number of nitrogens with one attached hydrogen (secondary N) is 1. The summed E-state index contributed by atoms with van der Waals surface area (Å²) < 4.78 is 10.6. The molecule has 2 aliphatic rings. The van der Waals surface area contributed by atoms with Crippen LogP contribution in [-0.2, 0) is 22.4 Å². The first-order valence-corrected chi connectivity index (χ1v) is 11.3. The third-order valence-corrected chi connectivity index (χ3v) is 7.13. The summed E-state index contributed by atoms with van der Waals surface area (Å²) in [6, 6.07) is 5.38. The Morgan fingerprint density at radius 3 is 2.55 bits per heavy atom. The van der Waals surface area contributed by atoms with E-state index in [1.54, 1.807) is 44.6 Å². The molecular weight excluding hydrogens is 416 g/mol. The molecule has 1 aliphatic heterocycles. The predicted molar refractivity (Wildman–Crippen MR) is 120 cm³/mol. The smallest absolute Gasteiger partial charge is 0.227 e. The maximum absolute atomic E-state index is 12.9. The molecule has 2 aromatic rings. The van der Waals surface area contributed by atoms with Crippen molar-refractivity contribution in [3.8, 4) is 11.5 Å². The van der Waals surface area contributed by atoms with E-state index < -0.39 is 0 Å². The summed E-state index contributed by atoms with van der Waals surface area (Å²) in [5, 5.41) is 4.02. The maximum Gasteiger partial charge on any atom is 0.227 e. The van der Waals surface area contributed by atoms with Crippen LogP contribution in [0.2, 0.25) is 0 Å². The lowest BCUT2D eigenvalue weighted by Gasteiger charge is -2.33. The van der Waals surface area contributed by atoms with Gasteiger partial charge in [-0.15, -0.1) is 11.3 Å². The minimum Gasteiger partial charge on any atom is -0.493 e. The fourth-order valence-electron chi connectivity index (χ4n) is 4.09. The number of carbonyl (C=O) groups excluding carboxylic acids is 2. The van der Waals surface area contributed by atoms with Gasteiger partial charge in [0.1, 0.15) is 0 Å². The lowest BCUT2D eigenvalue weighted by Crippen LogP contribution is -2.48. The van der Waals surface area contributed by atoms with Crippen LogP contribution in [0.1, 0.15) is 23.9 Å². The van der Waals surface area contributed by atoms with E-state index in [9.17, 15) is 9.59 Å². The molecular formula is C22H28N4O4S. The molecule has 1 aromatic heterocycles. The van der Waals surface area contributed by atoms with E-state index in [0.29, 0.717) is 23.6 Å². The van der Waals surface area contributed by atoms with Crippen molar-refractivity contribution in [1.29, 1.82) is 0 Å². The van der Waals surface area contributed by atoms with Gasteiger partial charge in [0.05, 0.1) is 19.9 Å². The highest BCUT2D eigenvalue weighted by molar-refractivity contribution is 7.15. The summed E-state index contributed by atoms with van der Waals surface area (Å²) in [6.07, 6.45) is 2.30. The number of nitrogens with zero attached hydrogens (tertiary/aromatic N) is 3.